The molecule has 1 saturated heterocycles. The Kier molecular flexibility index (Phi) is 3.65. The first-order valence-corrected chi connectivity index (χ1v) is 5.88. The minimum atomic E-state index is -0.384. The molecule has 2 rings (SSSR count). The van der Waals surface area contributed by atoms with Crippen molar-refractivity contribution in [3.63, 3.8) is 0 Å². The van der Waals surface area contributed by atoms with Gasteiger partial charge in [-0.15, -0.1) is 11.6 Å². The van der Waals surface area contributed by atoms with Gasteiger partial charge in [0.2, 0.25) is 0 Å². The Labute approximate surface area is 110 Å². The van der Waals surface area contributed by atoms with Gasteiger partial charge < -0.3 is 10.1 Å². The molecule has 5 nitrogen and oxygen atoms in total. The lowest BCUT2D eigenvalue weighted by Crippen LogP contribution is -2.68. The molecule has 1 aliphatic rings. The van der Waals surface area contributed by atoms with Crippen molar-refractivity contribution < 1.29 is 9.53 Å². The number of likely N-dealkylation sites (N-methyl/N-ethyl adjacent to an activating group) is 1. The SMILES string of the molecule is COC(=O)c1ccc(C(=N)C2NN(C)C2Cl)cc1. The third kappa shape index (κ3) is 2.25. The summed E-state index contributed by atoms with van der Waals surface area (Å²) < 4.78 is 4.61. The smallest absolute Gasteiger partial charge is 0.337 e. The van der Waals surface area contributed by atoms with Crippen molar-refractivity contribution in [2.45, 2.75) is 11.5 Å². The Morgan fingerprint density at radius 2 is 1.94 bits per heavy atom. The number of benzene rings is 1. The minimum Gasteiger partial charge on any atom is -0.465 e. The maximum absolute atomic E-state index is 11.3. The maximum atomic E-state index is 11.3. The van der Waals surface area contributed by atoms with E-state index in [9.17, 15) is 4.79 Å². The van der Waals surface area contributed by atoms with Gasteiger partial charge in [-0.05, 0) is 17.7 Å². The summed E-state index contributed by atoms with van der Waals surface area (Å²) >= 11 is 6.06. The quantitative estimate of drug-likeness (QED) is 0.374. The molecule has 96 valence electrons. The molecule has 2 unspecified atom stereocenters. The number of esters is 1. The van der Waals surface area contributed by atoms with Crippen LogP contribution in [0.15, 0.2) is 24.3 Å². The number of halogens is 1. The van der Waals surface area contributed by atoms with Crippen LogP contribution in [0.25, 0.3) is 0 Å². The fourth-order valence-corrected chi connectivity index (χ4v) is 2.02. The largest absolute Gasteiger partial charge is 0.465 e. The molecule has 1 fully saturated rings. The van der Waals surface area contributed by atoms with Gasteiger partial charge >= 0.3 is 5.97 Å². The average Bonchev–Trinajstić information content (AvgIpc) is 2.42. The van der Waals surface area contributed by atoms with Crippen LogP contribution in [0.4, 0.5) is 0 Å². The van der Waals surface area contributed by atoms with Gasteiger partial charge in [-0.3, -0.25) is 0 Å². The lowest BCUT2D eigenvalue weighted by atomic mass is 10.00. The second-order valence-electron chi connectivity index (χ2n) is 4.07. The average molecular weight is 268 g/mol. The van der Waals surface area contributed by atoms with Crippen LogP contribution in [0.2, 0.25) is 0 Å². The highest BCUT2D eigenvalue weighted by molar-refractivity contribution is 6.24. The molecule has 0 bridgehead atoms. The molecule has 0 saturated carbocycles. The van der Waals surface area contributed by atoms with Crippen LogP contribution >= 0.6 is 11.6 Å². The van der Waals surface area contributed by atoms with E-state index in [-0.39, 0.29) is 17.5 Å². The first-order valence-electron chi connectivity index (χ1n) is 5.45. The van der Waals surface area contributed by atoms with E-state index in [4.69, 9.17) is 17.0 Å². The van der Waals surface area contributed by atoms with Gasteiger partial charge in [0, 0.05) is 7.05 Å². The predicted octanol–water partition coefficient (Wildman–Crippen LogP) is 1.22. The Morgan fingerprint density at radius 3 is 2.39 bits per heavy atom. The third-order valence-corrected chi connectivity index (χ3v) is 3.46. The van der Waals surface area contributed by atoms with E-state index in [1.165, 1.54) is 7.11 Å². The van der Waals surface area contributed by atoms with E-state index in [1.54, 1.807) is 29.3 Å². The van der Waals surface area contributed by atoms with Gasteiger partial charge in [0.05, 0.1) is 24.4 Å². The van der Waals surface area contributed by atoms with Crippen LogP contribution < -0.4 is 5.43 Å². The van der Waals surface area contributed by atoms with Gasteiger partial charge in [0.1, 0.15) is 5.50 Å². The topological polar surface area (TPSA) is 65.4 Å². The monoisotopic (exact) mass is 267 g/mol. The van der Waals surface area contributed by atoms with Crippen LogP contribution in [0.5, 0.6) is 0 Å². The highest BCUT2D eigenvalue weighted by atomic mass is 35.5. The Morgan fingerprint density at radius 1 is 1.39 bits per heavy atom. The van der Waals surface area contributed by atoms with Crippen molar-refractivity contribution in [1.29, 1.82) is 5.41 Å². The van der Waals surface area contributed by atoms with Crippen molar-refractivity contribution in [2.75, 3.05) is 14.2 Å². The number of alkyl halides is 1. The predicted molar refractivity (Wildman–Crippen MR) is 68.9 cm³/mol. The zero-order valence-corrected chi connectivity index (χ0v) is 10.9. The van der Waals surface area contributed by atoms with E-state index >= 15 is 0 Å². The molecule has 1 aromatic carbocycles. The van der Waals surface area contributed by atoms with Crippen LogP contribution in [-0.4, -0.2) is 42.4 Å². The second-order valence-corrected chi connectivity index (χ2v) is 4.52. The van der Waals surface area contributed by atoms with E-state index in [2.05, 4.69) is 10.2 Å². The number of nitrogens with zero attached hydrogens (tertiary/aromatic N) is 1. The minimum absolute atomic E-state index is 0.194. The third-order valence-electron chi connectivity index (χ3n) is 2.92. The standard InChI is InChI=1S/C12H14ClN3O2/c1-16-11(13)10(15-16)9(14)7-3-5-8(6-4-7)12(17)18-2/h3-6,10-11,14-15H,1-2H3. The molecule has 0 aliphatic carbocycles. The van der Waals surface area contributed by atoms with Gasteiger partial charge in [-0.2, -0.15) is 0 Å². The van der Waals surface area contributed by atoms with Crippen molar-refractivity contribution in [2.24, 2.45) is 0 Å². The highest BCUT2D eigenvalue weighted by Crippen LogP contribution is 2.20. The number of rotatable bonds is 3. The van der Waals surface area contributed by atoms with Crippen molar-refractivity contribution in [1.82, 2.24) is 10.4 Å². The molecule has 2 atom stereocenters. The van der Waals surface area contributed by atoms with Crippen molar-refractivity contribution in [3.8, 4) is 0 Å². The number of hydrogen-bond donors (Lipinski definition) is 2. The lowest BCUT2D eigenvalue weighted by Gasteiger charge is -2.43. The van der Waals surface area contributed by atoms with Crippen LogP contribution in [-0.2, 0) is 4.74 Å². The molecule has 6 heteroatoms. The van der Waals surface area contributed by atoms with Gasteiger partial charge in [0.15, 0.2) is 0 Å². The van der Waals surface area contributed by atoms with E-state index in [1.807, 2.05) is 7.05 Å². The van der Waals surface area contributed by atoms with Crippen molar-refractivity contribution in [3.05, 3.63) is 35.4 Å². The van der Waals surface area contributed by atoms with E-state index in [0.29, 0.717) is 11.3 Å². The highest BCUT2D eigenvalue weighted by Gasteiger charge is 2.37. The Balaban J connectivity index is 2.10. The Bertz CT molecular complexity index is 475. The summed E-state index contributed by atoms with van der Waals surface area (Å²) in [6, 6.07) is 6.53. The summed E-state index contributed by atoms with van der Waals surface area (Å²) in [4.78, 5) is 11.3. The fraction of sp³-hybridized carbons (Fsp3) is 0.333. The molecule has 0 aromatic heterocycles. The van der Waals surface area contributed by atoms with Gasteiger partial charge in [0.25, 0.3) is 0 Å². The lowest BCUT2D eigenvalue weighted by molar-refractivity contribution is 0.0600. The van der Waals surface area contributed by atoms with Gasteiger partial charge in [-0.1, -0.05) is 12.1 Å². The molecular formula is C12H14ClN3O2. The maximum Gasteiger partial charge on any atom is 0.337 e. The number of ether oxygens (including phenoxy) is 1. The number of nitrogens with one attached hydrogen (secondary N) is 2. The van der Waals surface area contributed by atoms with Crippen LogP contribution in [0.3, 0.4) is 0 Å². The number of carbonyl (C=O) groups is 1. The Hall–Kier alpha value is -1.43. The van der Waals surface area contributed by atoms with Gasteiger partial charge in [-0.25, -0.2) is 15.2 Å². The number of carbonyl (C=O) groups excluding carboxylic acids is 1. The first kappa shape index (κ1) is 13.0. The molecule has 1 aromatic rings. The molecule has 1 heterocycles. The van der Waals surface area contributed by atoms with E-state index in [0.717, 1.165) is 5.56 Å². The summed E-state index contributed by atoms with van der Waals surface area (Å²) in [7, 11) is 3.16. The summed E-state index contributed by atoms with van der Waals surface area (Å²) in [5.74, 6) is -0.384. The van der Waals surface area contributed by atoms with Crippen LogP contribution in [0, 0.1) is 5.41 Å². The summed E-state index contributed by atoms with van der Waals surface area (Å²) in [6.07, 6.45) is 0. The molecule has 2 N–H and O–H groups in total. The first-order chi connectivity index (χ1) is 8.54. The fourth-order valence-electron chi connectivity index (χ4n) is 1.78. The van der Waals surface area contributed by atoms with Crippen molar-refractivity contribution >= 4 is 23.3 Å². The summed E-state index contributed by atoms with van der Waals surface area (Å²) in [6.45, 7) is 0. The summed E-state index contributed by atoms with van der Waals surface area (Å²) in [5.41, 5.74) is 4.41. The molecule has 1 aliphatic heterocycles. The number of hydrogen-bond acceptors (Lipinski definition) is 5. The second kappa shape index (κ2) is 5.06. The normalized spacial score (nSPS) is 23.3. The molecule has 0 radical (unpaired) electrons. The molecule has 0 amide bonds. The number of hydrazine groups is 1. The molecule has 0 spiro atoms. The molecular weight excluding hydrogens is 254 g/mol. The zero-order chi connectivity index (χ0) is 13.3. The van der Waals surface area contributed by atoms with Crippen LogP contribution in [0.1, 0.15) is 15.9 Å². The zero-order valence-electron chi connectivity index (χ0n) is 10.1. The number of methoxy groups -OCH3 is 1. The summed E-state index contributed by atoms with van der Waals surface area (Å²) in [5, 5.41) is 9.78. The molecule has 18 heavy (non-hydrogen) atoms. The van der Waals surface area contributed by atoms with E-state index < -0.39 is 0 Å².